The molecule has 1 amide bonds. The predicted molar refractivity (Wildman–Crippen MR) is 82.9 cm³/mol. The van der Waals surface area contributed by atoms with Crippen molar-refractivity contribution in [2.75, 3.05) is 14.2 Å². The van der Waals surface area contributed by atoms with Crippen LogP contribution in [-0.4, -0.2) is 25.0 Å². The number of halogens is 2. The minimum atomic E-state index is -0.462. The first-order chi connectivity index (χ1) is 10.0. The van der Waals surface area contributed by atoms with Crippen LogP contribution in [0.4, 0.5) is 4.39 Å². The quantitative estimate of drug-likeness (QED) is 0.836. The molecule has 110 valence electrons. The summed E-state index contributed by atoms with van der Waals surface area (Å²) in [5, 5.41) is 0. The second-order valence-corrected chi connectivity index (χ2v) is 5.55. The first kappa shape index (κ1) is 15.5. The summed E-state index contributed by atoms with van der Waals surface area (Å²) in [4.78, 5) is 13.9. The molecule has 0 bridgehead atoms. The Morgan fingerprint density at radius 3 is 2.52 bits per heavy atom. The van der Waals surface area contributed by atoms with Crippen molar-refractivity contribution in [3.63, 3.8) is 0 Å². The third-order valence-corrected chi connectivity index (χ3v) is 3.60. The molecule has 0 aliphatic heterocycles. The first-order valence-electron chi connectivity index (χ1n) is 6.34. The SMILES string of the molecule is COc1ccc(F)cc1C(=O)N(C)Cc1ccc(Br)cc1. The molecule has 0 unspecified atom stereocenters. The number of hydrogen-bond donors (Lipinski definition) is 0. The van der Waals surface area contributed by atoms with Gasteiger partial charge in [0.05, 0.1) is 12.7 Å². The average molecular weight is 352 g/mol. The van der Waals surface area contributed by atoms with Crippen molar-refractivity contribution in [1.29, 1.82) is 0 Å². The third-order valence-electron chi connectivity index (χ3n) is 3.07. The molecule has 0 spiro atoms. The second-order valence-electron chi connectivity index (χ2n) is 4.63. The third kappa shape index (κ3) is 3.82. The molecule has 0 aliphatic rings. The van der Waals surface area contributed by atoms with E-state index in [1.165, 1.54) is 30.2 Å². The van der Waals surface area contributed by atoms with Crippen molar-refractivity contribution in [2.24, 2.45) is 0 Å². The first-order valence-corrected chi connectivity index (χ1v) is 7.14. The summed E-state index contributed by atoms with van der Waals surface area (Å²) in [5.41, 5.74) is 1.21. The zero-order valence-electron chi connectivity index (χ0n) is 11.8. The molecule has 2 rings (SSSR count). The molecule has 21 heavy (non-hydrogen) atoms. The molecule has 2 aromatic carbocycles. The zero-order valence-corrected chi connectivity index (χ0v) is 13.4. The van der Waals surface area contributed by atoms with Crippen molar-refractivity contribution in [1.82, 2.24) is 4.90 Å². The topological polar surface area (TPSA) is 29.5 Å². The number of carbonyl (C=O) groups excluding carboxylic acids is 1. The fourth-order valence-electron chi connectivity index (χ4n) is 1.99. The lowest BCUT2D eigenvalue weighted by atomic mass is 10.1. The highest BCUT2D eigenvalue weighted by molar-refractivity contribution is 9.10. The van der Waals surface area contributed by atoms with Crippen LogP contribution in [0.5, 0.6) is 5.75 Å². The number of hydrogen-bond acceptors (Lipinski definition) is 2. The van der Waals surface area contributed by atoms with Gasteiger partial charge in [-0.05, 0) is 35.9 Å². The minimum Gasteiger partial charge on any atom is -0.496 e. The van der Waals surface area contributed by atoms with Gasteiger partial charge in [0.2, 0.25) is 0 Å². The number of benzene rings is 2. The Morgan fingerprint density at radius 2 is 1.90 bits per heavy atom. The van der Waals surface area contributed by atoms with Gasteiger partial charge in [0, 0.05) is 18.1 Å². The Morgan fingerprint density at radius 1 is 1.24 bits per heavy atom. The zero-order chi connectivity index (χ0) is 15.4. The number of methoxy groups -OCH3 is 1. The lowest BCUT2D eigenvalue weighted by Crippen LogP contribution is -2.26. The molecular weight excluding hydrogens is 337 g/mol. The Balaban J connectivity index is 2.19. The Labute approximate surface area is 131 Å². The van der Waals surface area contributed by atoms with Crippen molar-refractivity contribution in [3.8, 4) is 5.75 Å². The van der Waals surface area contributed by atoms with E-state index in [2.05, 4.69) is 15.9 Å². The van der Waals surface area contributed by atoms with E-state index in [0.717, 1.165) is 10.0 Å². The predicted octanol–water partition coefficient (Wildman–Crippen LogP) is 3.87. The summed E-state index contributed by atoms with van der Waals surface area (Å²) in [5.74, 6) is -0.380. The van der Waals surface area contributed by atoms with Gasteiger partial charge in [0.1, 0.15) is 11.6 Å². The molecule has 0 saturated carbocycles. The maximum absolute atomic E-state index is 13.3. The molecule has 0 saturated heterocycles. The summed E-state index contributed by atoms with van der Waals surface area (Å²) >= 11 is 3.37. The maximum atomic E-state index is 13.3. The van der Waals surface area contributed by atoms with E-state index >= 15 is 0 Å². The Hall–Kier alpha value is -1.88. The average Bonchev–Trinajstić information content (AvgIpc) is 2.48. The molecule has 2 aromatic rings. The number of carbonyl (C=O) groups is 1. The van der Waals surface area contributed by atoms with Crippen molar-refractivity contribution in [3.05, 3.63) is 63.9 Å². The molecule has 3 nitrogen and oxygen atoms in total. The van der Waals surface area contributed by atoms with Crippen molar-refractivity contribution < 1.29 is 13.9 Å². The summed E-state index contributed by atoms with van der Waals surface area (Å²) < 4.78 is 19.4. The minimum absolute atomic E-state index is 0.220. The highest BCUT2D eigenvalue weighted by atomic mass is 79.9. The number of nitrogens with zero attached hydrogens (tertiary/aromatic N) is 1. The molecule has 5 heteroatoms. The number of amides is 1. The van der Waals surface area contributed by atoms with Gasteiger partial charge in [0.25, 0.3) is 5.91 Å². The molecule has 0 aliphatic carbocycles. The van der Waals surface area contributed by atoms with Gasteiger partial charge in [-0.15, -0.1) is 0 Å². The van der Waals surface area contributed by atoms with E-state index in [0.29, 0.717) is 12.3 Å². The van der Waals surface area contributed by atoms with Crippen LogP contribution < -0.4 is 4.74 Å². The fourth-order valence-corrected chi connectivity index (χ4v) is 2.25. The Kier molecular flexibility index (Phi) is 4.96. The molecular formula is C16H15BrFNO2. The standard InChI is InChI=1S/C16H15BrFNO2/c1-19(10-11-3-5-12(17)6-4-11)16(20)14-9-13(18)7-8-15(14)21-2/h3-9H,10H2,1-2H3. The van der Waals surface area contributed by atoms with Gasteiger partial charge < -0.3 is 9.64 Å². The smallest absolute Gasteiger partial charge is 0.257 e. The van der Waals surface area contributed by atoms with E-state index < -0.39 is 5.82 Å². The van der Waals surface area contributed by atoms with Crippen LogP contribution >= 0.6 is 15.9 Å². The van der Waals surface area contributed by atoms with Crippen LogP contribution in [0.2, 0.25) is 0 Å². The van der Waals surface area contributed by atoms with E-state index in [-0.39, 0.29) is 11.5 Å². The van der Waals surface area contributed by atoms with E-state index in [1.54, 1.807) is 7.05 Å². The molecule has 0 atom stereocenters. The van der Waals surface area contributed by atoms with Crippen LogP contribution in [0, 0.1) is 5.82 Å². The number of ether oxygens (including phenoxy) is 1. The fraction of sp³-hybridized carbons (Fsp3) is 0.188. The summed E-state index contributed by atoms with van der Waals surface area (Å²) in [6.07, 6.45) is 0. The summed E-state index contributed by atoms with van der Waals surface area (Å²) in [7, 11) is 3.13. The van der Waals surface area contributed by atoms with Crippen LogP contribution in [0.15, 0.2) is 46.9 Å². The van der Waals surface area contributed by atoms with Crippen molar-refractivity contribution >= 4 is 21.8 Å². The lowest BCUT2D eigenvalue weighted by Gasteiger charge is -2.19. The van der Waals surface area contributed by atoms with Crippen LogP contribution in [0.1, 0.15) is 15.9 Å². The van der Waals surface area contributed by atoms with Gasteiger partial charge >= 0.3 is 0 Å². The van der Waals surface area contributed by atoms with E-state index in [4.69, 9.17) is 4.74 Å². The molecule has 0 aromatic heterocycles. The van der Waals surface area contributed by atoms with Crippen LogP contribution in [-0.2, 0) is 6.54 Å². The normalized spacial score (nSPS) is 10.3. The Bertz CT molecular complexity index is 643. The van der Waals surface area contributed by atoms with Gasteiger partial charge in [-0.3, -0.25) is 4.79 Å². The van der Waals surface area contributed by atoms with Gasteiger partial charge in [-0.2, -0.15) is 0 Å². The summed E-state index contributed by atoms with van der Waals surface area (Å²) in [6.45, 7) is 0.436. The summed E-state index contributed by atoms with van der Waals surface area (Å²) in [6, 6.07) is 11.6. The molecule has 0 N–H and O–H groups in total. The highest BCUT2D eigenvalue weighted by Gasteiger charge is 2.17. The van der Waals surface area contributed by atoms with E-state index in [9.17, 15) is 9.18 Å². The van der Waals surface area contributed by atoms with Crippen LogP contribution in [0.3, 0.4) is 0 Å². The van der Waals surface area contributed by atoms with Crippen molar-refractivity contribution in [2.45, 2.75) is 6.54 Å². The highest BCUT2D eigenvalue weighted by Crippen LogP contribution is 2.21. The van der Waals surface area contributed by atoms with E-state index in [1.807, 2.05) is 24.3 Å². The lowest BCUT2D eigenvalue weighted by molar-refractivity contribution is 0.0781. The van der Waals surface area contributed by atoms with Gasteiger partial charge in [-0.1, -0.05) is 28.1 Å². The largest absolute Gasteiger partial charge is 0.496 e. The molecule has 0 fully saturated rings. The molecule has 0 heterocycles. The van der Waals surface area contributed by atoms with Crippen LogP contribution in [0.25, 0.3) is 0 Å². The monoisotopic (exact) mass is 351 g/mol. The second kappa shape index (κ2) is 6.72. The molecule has 0 radical (unpaired) electrons. The number of rotatable bonds is 4. The maximum Gasteiger partial charge on any atom is 0.257 e. The van der Waals surface area contributed by atoms with Gasteiger partial charge in [-0.25, -0.2) is 4.39 Å². The van der Waals surface area contributed by atoms with Gasteiger partial charge in [0.15, 0.2) is 0 Å².